The van der Waals surface area contributed by atoms with Gasteiger partial charge in [0.2, 0.25) is 11.8 Å². The molecule has 2 aliphatic heterocycles. The summed E-state index contributed by atoms with van der Waals surface area (Å²) in [6.45, 7) is 9.21. The molecule has 0 aliphatic carbocycles. The van der Waals surface area contributed by atoms with Gasteiger partial charge in [-0.3, -0.25) is 9.59 Å². The minimum atomic E-state index is -0.445. The maximum absolute atomic E-state index is 13.3. The number of amides is 2. The average Bonchev–Trinajstić information content (AvgIpc) is 3.05. The van der Waals surface area contributed by atoms with Gasteiger partial charge >= 0.3 is 0 Å². The van der Waals surface area contributed by atoms with Crippen LogP contribution in [0.4, 0.5) is 0 Å². The Labute approximate surface area is 150 Å². The Morgan fingerprint density at radius 3 is 2.48 bits per heavy atom. The number of likely N-dealkylation sites (tertiary alicyclic amines) is 2. The highest BCUT2D eigenvalue weighted by molar-refractivity contribution is 5.88. The predicted molar refractivity (Wildman–Crippen MR) is 99.0 cm³/mol. The molecule has 0 bridgehead atoms. The Morgan fingerprint density at radius 2 is 1.80 bits per heavy atom. The average molecular weight is 340 g/mol. The molecule has 2 aliphatic rings. The molecule has 0 aromatic heterocycles. The van der Waals surface area contributed by atoms with Crippen molar-refractivity contribution in [3.63, 3.8) is 0 Å². The van der Waals surface area contributed by atoms with E-state index in [1.54, 1.807) is 0 Å². The second-order valence-corrected chi connectivity index (χ2v) is 7.85. The van der Waals surface area contributed by atoms with Gasteiger partial charge in [0.15, 0.2) is 0 Å². The first-order valence-electron chi connectivity index (χ1n) is 9.22. The number of benzene rings is 1. The van der Waals surface area contributed by atoms with E-state index in [4.69, 9.17) is 0 Å². The second kappa shape index (κ2) is 7.03. The van der Waals surface area contributed by atoms with Crippen LogP contribution in [0.5, 0.6) is 0 Å². The van der Waals surface area contributed by atoms with Crippen molar-refractivity contribution in [1.82, 2.24) is 9.80 Å². The molecule has 1 aromatic carbocycles. The lowest BCUT2D eigenvalue weighted by molar-refractivity contribution is -0.146. The minimum Gasteiger partial charge on any atom is -0.337 e. The van der Waals surface area contributed by atoms with Crippen molar-refractivity contribution < 1.29 is 9.59 Å². The Hall–Kier alpha value is -2.10. The summed E-state index contributed by atoms with van der Waals surface area (Å²) >= 11 is 0. The van der Waals surface area contributed by atoms with E-state index in [-0.39, 0.29) is 23.9 Å². The molecular weight excluding hydrogens is 312 g/mol. The normalized spacial score (nSPS) is 23.3. The van der Waals surface area contributed by atoms with Crippen LogP contribution in [0.3, 0.4) is 0 Å². The van der Waals surface area contributed by atoms with Gasteiger partial charge in [-0.05, 0) is 37.3 Å². The number of hydrogen-bond donors (Lipinski definition) is 0. The van der Waals surface area contributed by atoms with Crippen LogP contribution >= 0.6 is 0 Å². The van der Waals surface area contributed by atoms with Crippen molar-refractivity contribution in [3.8, 4) is 0 Å². The highest BCUT2D eigenvalue weighted by Crippen LogP contribution is 2.35. The zero-order chi connectivity index (χ0) is 18.0. The van der Waals surface area contributed by atoms with Gasteiger partial charge in [0.25, 0.3) is 0 Å². The summed E-state index contributed by atoms with van der Waals surface area (Å²) in [5, 5.41) is 0. The van der Waals surface area contributed by atoms with Gasteiger partial charge in [-0.15, -0.1) is 0 Å². The van der Waals surface area contributed by atoms with Crippen LogP contribution in [0.15, 0.2) is 43.0 Å². The van der Waals surface area contributed by atoms with E-state index in [2.05, 4.69) is 18.7 Å². The van der Waals surface area contributed by atoms with Gasteiger partial charge < -0.3 is 9.80 Å². The van der Waals surface area contributed by atoms with Gasteiger partial charge in [-0.25, -0.2) is 0 Å². The van der Waals surface area contributed by atoms with Crippen molar-refractivity contribution in [2.24, 2.45) is 5.41 Å². The summed E-state index contributed by atoms with van der Waals surface area (Å²) in [5.41, 5.74) is 0.739. The maximum atomic E-state index is 13.3. The fourth-order valence-corrected chi connectivity index (χ4v) is 4.40. The predicted octanol–water partition coefficient (Wildman–Crippen LogP) is 3.03. The first kappa shape index (κ1) is 17.7. The molecule has 2 saturated heterocycles. The molecule has 2 unspecified atom stereocenters. The molecule has 4 heteroatoms. The van der Waals surface area contributed by atoms with Crippen LogP contribution in [0.1, 0.15) is 38.7 Å². The van der Waals surface area contributed by atoms with E-state index in [9.17, 15) is 9.59 Å². The van der Waals surface area contributed by atoms with Crippen LogP contribution in [-0.4, -0.2) is 46.8 Å². The summed E-state index contributed by atoms with van der Waals surface area (Å²) in [6.07, 6.45) is 4.93. The van der Waals surface area contributed by atoms with Gasteiger partial charge in [-0.2, -0.15) is 0 Å². The largest absolute Gasteiger partial charge is 0.337 e. The molecule has 0 saturated carbocycles. The van der Waals surface area contributed by atoms with Crippen LogP contribution in [-0.2, 0) is 16.0 Å². The van der Waals surface area contributed by atoms with Crippen LogP contribution in [0.25, 0.3) is 0 Å². The van der Waals surface area contributed by atoms with Crippen molar-refractivity contribution in [1.29, 1.82) is 0 Å². The Kier molecular flexibility index (Phi) is 4.98. The first-order chi connectivity index (χ1) is 11.9. The lowest BCUT2D eigenvalue weighted by Crippen LogP contribution is -2.55. The molecule has 25 heavy (non-hydrogen) atoms. The van der Waals surface area contributed by atoms with Crippen molar-refractivity contribution in [2.45, 2.75) is 51.6 Å². The molecule has 2 atom stereocenters. The number of hydrogen-bond acceptors (Lipinski definition) is 2. The van der Waals surface area contributed by atoms with E-state index in [1.165, 1.54) is 11.6 Å². The number of fused-ring (bicyclic) bond motifs is 1. The zero-order valence-electron chi connectivity index (χ0n) is 15.3. The molecule has 2 amide bonds. The van der Waals surface area contributed by atoms with E-state index in [0.717, 1.165) is 38.8 Å². The minimum absolute atomic E-state index is 0.00894. The summed E-state index contributed by atoms with van der Waals surface area (Å²) in [5.74, 6) is 0.198. The summed E-state index contributed by atoms with van der Waals surface area (Å²) in [4.78, 5) is 29.4. The topological polar surface area (TPSA) is 40.6 Å². The highest BCUT2D eigenvalue weighted by Gasteiger charge is 2.45. The van der Waals surface area contributed by atoms with Gasteiger partial charge in [0, 0.05) is 18.5 Å². The number of nitrogens with zero attached hydrogens (tertiary/aromatic N) is 2. The van der Waals surface area contributed by atoms with E-state index in [1.807, 2.05) is 41.8 Å². The van der Waals surface area contributed by atoms with Gasteiger partial charge in [0.1, 0.15) is 0 Å². The standard InChI is InChI=1S/C21H28N2O2/c1-4-19(24)22-14-12-18-17(22)11-8-13-23(18)20(25)21(2,3)15-16-9-6-5-7-10-16/h4-7,9-10,17-18H,1,8,11-15H2,2-3H3. The fourth-order valence-electron chi connectivity index (χ4n) is 4.40. The summed E-state index contributed by atoms with van der Waals surface area (Å²) < 4.78 is 0. The van der Waals surface area contributed by atoms with Crippen LogP contribution in [0, 0.1) is 5.41 Å². The third-order valence-corrected chi connectivity index (χ3v) is 5.60. The van der Waals surface area contributed by atoms with E-state index in [0.29, 0.717) is 0 Å². The number of rotatable bonds is 4. The van der Waals surface area contributed by atoms with Crippen LogP contribution < -0.4 is 0 Å². The number of piperidine rings is 1. The Bertz CT molecular complexity index is 653. The Morgan fingerprint density at radius 1 is 1.12 bits per heavy atom. The van der Waals surface area contributed by atoms with Crippen molar-refractivity contribution >= 4 is 11.8 Å². The number of carbonyl (C=O) groups is 2. The van der Waals surface area contributed by atoms with Gasteiger partial charge in [0.05, 0.1) is 12.1 Å². The third kappa shape index (κ3) is 3.48. The lowest BCUT2D eigenvalue weighted by atomic mass is 9.82. The van der Waals surface area contributed by atoms with E-state index < -0.39 is 5.41 Å². The molecule has 0 N–H and O–H groups in total. The number of carbonyl (C=O) groups excluding carboxylic acids is 2. The maximum Gasteiger partial charge on any atom is 0.246 e. The highest BCUT2D eigenvalue weighted by atomic mass is 16.2. The van der Waals surface area contributed by atoms with E-state index >= 15 is 0 Å². The van der Waals surface area contributed by atoms with Crippen molar-refractivity contribution in [3.05, 3.63) is 48.6 Å². The molecule has 1 aromatic rings. The smallest absolute Gasteiger partial charge is 0.246 e. The molecule has 0 radical (unpaired) electrons. The van der Waals surface area contributed by atoms with Crippen LogP contribution in [0.2, 0.25) is 0 Å². The summed E-state index contributed by atoms with van der Waals surface area (Å²) in [7, 11) is 0. The molecule has 4 nitrogen and oxygen atoms in total. The first-order valence-corrected chi connectivity index (χ1v) is 9.22. The molecule has 2 fully saturated rings. The monoisotopic (exact) mass is 340 g/mol. The fraction of sp³-hybridized carbons (Fsp3) is 0.524. The molecule has 134 valence electrons. The lowest BCUT2D eigenvalue weighted by Gasteiger charge is -2.43. The Balaban J connectivity index is 1.75. The van der Waals surface area contributed by atoms with Crippen molar-refractivity contribution in [2.75, 3.05) is 13.1 Å². The molecular formula is C21H28N2O2. The third-order valence-electron chi connectivity index (χ3n) is 5.60. The molecule has 2 heterocycles. The second-order valence-electron chi connectivity index (χ2n) is 7.85. The SMILES string of the molecule is C=CC(=O)N1CCC2C1CCCN2C(=O)C(C)(C)Cc1ccccc1. The summed E-state index contributed by atoms with van der Waals surface area (Å²) in [6, 6.07) is 10.5. The zero-order valence-corrected chi connectivity index (χ0v) is 15.3. The molecule has 3 rings (SSSR count). The quantitative estimate of drug-likeness (QED) is 0.791. The molecule has 0 spiro atoms. The van der Waals surface area contributed by atoms with Gasteiger partial charge in [-0.1, -0.05) is 50.8 Å².